The van der Waals surface area contributed by atoms with E-state index in [1.807, 2.05) is 16.8 Å². The van der Waals surface area contributed by atoms with Gasteiger partial charge in [-0.05, 0) is 29.6 Å². The molecule has 0 fully saturated rings. The van der Waals surface area contributed by atoms with E-state index in [1.165, 1.54) is 11.3 Å². The summed E-state index contributed by atoms with van der Waals surface area (Å²) in [5.74, 6) is -0.492. The van der Waals surface area contributed by atoms with Gasteiger partial charge in [-0.2, -0.15) is 16.3 Å². The van der Waals surface area contributed by atoms with E-state index in [0.717, 1.165) is 30.0 Å². The first kappa shape index (κ1) is 18.2. The minimum atomic E-state index is -3.50. The lowest BCUT2D eigenvalue weighted by atomic mass is 10.2. The molecule has 0 radical (unpaired) electrons. The van der Waals surface area contributed by atoms with Gasteiger partial charge in [-0.3, -0.25) is 4.79 Å². The number of nitrogens with zero attached hydrogens (tertiary/aromatic N) is 2. The maximum absolute atomic E-state index is 13.8. The molecule has 0 aliphatic carbocycles. The number of benzene rings is 1. The molecule has 0 spiro atoms. The van der Waals surface area contributed by atoms with Crippen LogP contribution >= 0.6 is 11.3 Å². The molecule has 10 heteroatoms. The molecule has 0 bridgehead atoms. The number of carbonyl (C=O) groups excluding carboxylic acids is 1. The van der Waals surface area contributed by atoms with Crippen LogP contribution in [0.4, 0.5) is 10.1 Å². The average Bonchev–Trinajstić information content (AvgIpc) is 3.25. The number of nitrogens with one attached hydrogen (secondary N) is 1. The van der Waals surface area contributed by atoms with E-state index >= 15 is 0 Å². The van der Waals surface area contributed by atoms with E-state index in [4.69, 9.17) is 4.52 Å². The summed E-state index contributed by atoms with van der Waals surface area (Å²) in [6, 6.07) is 5.08. The molecule has 0 saturated carbocycles. The number of sulfone groups is 1. The second-order valence-electron chi connectivity index (χ2n) is 5.49. The Morgan fingerprint density at radius 1 is 1.35 bits per heavy atom. The summed E-state index contributed by atoms with van der Waals surface area (Å²) in [4.78, 5) is 16.1. The SMILES string of the molecule is CS(=O)(=O)c1ccc(F)c(NC(=O)CCc2nc(-c3ccsc3)no2)c1. The fourth-order valence-corrected chi connectivity index (χ4v) is 3.41. The van der Waals surface area contributed by atoms with E-state index in [0.29, 0.717) is 5.82 Å². The molecule has 0 aliphatic rings. The lowest BCUT2D eigenvalue weighted by Gasteiger charge is -2.07. The van der Waals surface area contributed by atoms with Gasteiger partial charge in [0.25, 0.3) is 0 Å². The van der Waals surface area contributed by atoms with Crippen LogP contribution in [0.2, 0.25) is 0 Å². The molecule has 2 heterocycles. The molecule has 1 N–H and O–H groups in total. The number of thiophene rings is 1. The summed E-state index contributed by atoms with van der Waals surface area (Å²) in [6.45, 7) is 0. The van der Waals surface area contributed by atoms with Gasteiger partial charge >= 0.3 is 0 Å². The molecular weight excluding hydrogens is 381 g/mol. The number of amides is 1. The van der Waals surface area contributed by atoms with Crippen molar-refractivity contribution in [3.05, 3.63) is 46.7 Å². The highest BCUT2D eigenvalue weighted by molar-refractivity contribution is 7.90. The van der Waals surface area contributed by atoms with Crippen LogP contribution in [0.1, 0.15) is 12.3 Å². The van der Waals surface area contributed by atoms with Crippen LogP contribution in [0.25, 0.3) is 11.4 Å². The molecule has 136 valence electrons. The largest absolute Gasteiger partial charge is 0.339 e. The Labute approximate surface area is 152 Å². The van der Waals surface area contributed by atoms with Gasteiger partial charge in [-0.15, -0.1) is 0 Å². The third-order valence-corrected chi connectivity index (χ3v) is 5.25. The Bertz CT molecular complexity index is 1030. The Kier molecular flexibility index (Phi) is 5.14. The first-order valence-corrected chi connectivity index (χ1v) is 10.3. The van der Waals surface area contributed by atoms with Gasteiger partial charge in [0.05, 0.1) is 10.6 Å². The predicted octanol–water partition coefficient (Wildman–Crippen LogP) is 2.91. The Morgan fingerprint density at radius 3 is 2.85 bits per heavy atom. The van der Waals surface area contributed by atoms with Gasteiger partial charge in [-0.25, -0.2) is 12.8 Å². The lowest BCUT2D eigenvalue weighted by molar-refractivity contribution is -0.116. The highest BCUT2D eigenvalue weighted by atomic mass is 32.2. The van der Waals surface area contributed by atoms with Crippen LogP contribution in [0.5, 0.6) is 0 Å². The summed E-state index contributed by atoms with van der Waals surface area (Å²) < 4.78 is 41.9. The van der Waals surface area contributed by atoms with Crippen LogP contribution in [0, 0.1) is 5.82 Å². The zero-order chi connectivity index (χ0) is 18.7. The van der Waals surface area contributed by atoms with Crippen molar-refractivity contribution < 1.29 is 22.1 Å². The van der Waals surface area contributed by atoms with E-state index in [1.54, 1.807) is 0 Å². The van der Waals surface area contributed by atoms with Crippen molar-refractivity contribution in [2.24, 2.45) is 0 Å². The number of hydrogen-bond donors (Lipinski definition) is 1. The fourth-order valence-electron chi connectivity index (χ4n) is 2.13. The Hall–Kier alpha value is -2.59. The zero-order valence-corrected chi connectivity index (χ0v) is 15.2. The van der Waals surface area contributed by atoms with E-state index in [9.17, 15) is 17.6 Å². The standard InChI is InChI=1S/C16H14FN3O4S2/c1-26(22,23)11-2-3-12(17)13(8-11)18-14(21)4-5-15-19-16(20-24-15)10-6-7-25-9-10/h2-3,6-9H,4-5H2,1H3,(H,18,21). The number of halogens is 1. The Balaban J connectivity index is 1.63. The highest BCUT2D eigenvalue weighted by Crippen LogP contribution is 2.21. The predicted molar refractivity (Wildman–Crippen MR) is 94.1 cm³/mol. The molecule has 0 aliphatic heterocycles. The lowest BCUT2D eigenvalue weighted by Crippen LogP contribution is -2.14. The number of aryl methyl sites for hydroxylation is 1. The molecule has 3 rings (SSSR count). The van der Waals surface area contributed by atoms with Gasteiger partial charge < -0.3 is 9.84 Å². The minimum Gasteiger partial charge on any atom is -0.339 e. The third-order valence-electron chi connectivity index (χ3n) is 3.45. The molecule has 0 unspecified atom stereocenters. The molecule has 26 heavy (non-hydrogen) atoms. The second-order valence-corrected chi connectivity index (χ2v) is 8.28. The van der Waals surface area contributed by atoms with Gasteiger partial charge in [0.2, 0.25) is 17.6 Å². The first-order chi connectivity index (χ1) is 12.3. The number of rotatable bonds is 6. The summed E-state index contributed by atoms with van der Waals surface area (Å²) in [5, 5.41) is 9.96. The quantitative estimate of drug-likeness (QED) is 0.644. The topological polar surface area (TPSA) is 102 Å². The highest BCUT2D eigenvalue weighted by Gasteiger charge is 2.15. The molecule has 3 aromatic rings. The maximum atomic E-state index is 13.8. The van der Waals surface area contributed by atoms with Gasteiger partial charge in [0.15, 0.2) is 9.84 Å². The molecule has 2 aromatic heterocycles. The molecule has 7 nitrogen and oxygen atoms in total. The molecule has 0 saturated heterocycles. The van der Waals surface area contributed by atoms with Crippen molar-refractivity contribution in [1.82, 2.24) is 10.1 Å². The van der Waals surface area contributed by atoms with Crippen molar-refractivity contribution in [1.29, 1.82) is 0 Å². The van der Waals surface area contributed by atoms with Crippen LogP contribution in [-0.4, -0.2) is 30.7 Å². The van der Waals surface area contributed by atoms with E-state index < -0.39 is 21.6 Å². The third kappa shape index (κ3) is 4.33. The normalized spacial score (nSPS) is 11.5. The van der Waals surface area contributed by atoms with Gasteiger partial charge in [-0.1, -0.05) is 5.16 Å². The second kappa shape index (κ2) is 7.34. The monoisotopic (exact) mass is 395 g/mol. The minimum absolute atomic E-state index is 0.0200. The average molecular weight is 395 g/mol. The number of anilines is 1. The van der Waals surface area contributed by atoms with Crippen molar-refractivity contribution in [3.8, 4) is 11.4 Å². The molecule has 1 aromatic carbocycles. The smallest absolute Gasteiger partial charge is 0.227 e. The number of carbonyl (C=O) groups is 1. The van der Waals surface area contributed by atoms with Crippen molar-refractivity contribution >= 4 is 32.8 Å². The van der Waals surface area contributed by atoms with Crippen LogP contribution < -0.4 is 5.32 Å². The van der Waals surface area contributed by atoms with Crippen LogP contribution in [0.3, 0.4) is 0 Å². The van der Waals surface area contributed by atoms with Crippen molar-refractivity contribution in [2.45, 2.75) is 17.7 Å². The summed E-state index contributed by atoms with van der Waals surface area (Å²) in [5.41, 5.74) is 0.636. The van der Waals surface area contributed by atoms with Crippen LogP contribution in [0.15, 0.2) is 44.4 Å². The van der Waals surface area contributed by atoms with E-state index in [-0.39, 0.29) is 29.3 Å². The van der Waals surface area contributed by atoms with Gasteiger partial charge in [0.1, 0.15) is 5.82 Å². The summed E-state index contributed by atoms with van der Waals surface area (Å²) in [7, 11) is -3.50. The van der Waals surface area contributed by atoms with Gasteiger partial charge in [0, 0.05) is 30.0 Å². The summed E-state index contributed by atoms with van der Waals surface area (Å²) in [6.07, 6.45) is 1.16. The number of aromatic nitrogens is 2. The number of hydrogen-bond acceptors (Lipinski definition) is 7. The Morgan fingerprint density at radius 2 is 2.15 bits per heavy atom. The fraction of sp³-hybridized carbons (Fsp3) is 0.188. The first-order valence-electron chi connectivity index (χ1n) is 7.47. The van der Waals surface area contributed by atoms with Crippen molar-refractivity contribution in [2.75, 3.05) is 11.6 Å². The van der Waals surface area contributed by atoms with Crippen molar-refractivity contribution in [3.63, 3.8) is 0 Å². The summed E-state index contributed by atoms with van der Waals surface area (Å²) >= 11 is 1.50. The molecule has 0 atom stereocenters. The molecular formula is C16H14FN3O4S2. The van der Waals surface area contributed by atoms with Crippen LogP contribution in [-0.2, 0) is 21.1 Å². The zero-order valence-electron chi connectivity index (χ0n) is 13.6. The van der Waals surface area contributed by atoms with E-state index in [2.05, 4.69) is 15.5 Å². The molecule has 1 amide bonds. The maximum Gasteiger partial charge on any atom is 0.227 e.